The molecule has 0 saturated heterocycles. The van der Waals surface area contributed by atoms with Gasteiger partial charge in [-0.25, -0.2) is 0 Å². The molecule has 0 unspecified atom stereocenters. The highest BCUT2D eigenvalue weighted by Gasteiger charge is 2.20. The van der Waals surface area contributed by atoms with Crippen molar-refractivity contribution in [2.75, 3.05) is 27.7 Å². The van der Waals surface area contributed by atoms with Crippen molar-refractivity contribution in [3.8, 4) is 0 Å². The third-order valence-electron chi connectivity index (χ3n) is 1.02. The van der Waals surface area contributed by atoms with Crippen molar-refractivity contribution < 1.29 is 26.5 Å². The van der Waals surface area contributed by atoms with E-state index in [4.69, 9.17) is 0 Å². The molecule has 0 aromatic heterocycles. The van der Waals surface area contributed by atoms with Gasteiger partial charge in [-0.2, -0.15) is 0 Å². The molecule has 3 nitrogen and oxygen atoms in total. The summed E-state index contributed by atoms with van der Waals surface area (Å²) in [6.07, 6.45) is 3.40. The van der Waals surface area contributed by atoms with Gasteiger partial charge in [0.15, 0.2) is 0 Å². The normalized spacial score (nSPS) is 12.0. The fraction of sp³-hybridized carbons (Fsp3) is 0.625. The van der Waals surface area contributed by atoms with E-state index in [1.54, 1.807) is 6.08 Å². The highest BCUT2D eigenvalue weighted by Crippen LogP contribution is 2.06. The highest BCUT2D eigenvalue weighted by atomic mass is 19.5. The van der Waals surface area contributed by atoms with Crippen molar-refractivity contribution in [3.05, 3.63) is 12.3 Å². The molecule has 0 aromatic carbocycles. The first kappa shape index (κ1) is 17.4. The molecule has 16 heavy (non-hydrogen) atoms. The molecule has 0 aliphatic carbocycles. The second kappa shape index (κ2) is 7.26. The number of likely N-dealkylation sites (N-methyl/N-ethyl adjacent to an activating group) is 1. The Morgan fingerprint density at radius 1 is 1.25 bits per heavy atom. The monoisotopic (exact) mass is 244 g/mol. The molecular weight excluding hydrogens is 227 g/mol. The molecule has 0 bridgehead atoms. The van der Waals surface area contributed by atoms with Crippen molar-refractivity contribution in [2.45, 2.75) is 6.92 Å². The van der Waals surface area contributed by atoms with Crippen molar-refractivity contribution >= 4 is 13.2 Å². The second-order valence-corrected chi connectivity index (χ2v) is 3.82. The number of carbonyl (C=O) groups excluding carboxylic acids is 1. The molecule has 1 amide bonds. The first-order valence-electron chi connectivity index (χ1n) is 4.61. The number of halogens is 4. The molecule has 0 aliphatic heterocycles. The Morgan fingerprint density at radius 2 is 1.62 bits per heavy atom. The Morgan fingerprint density at radius 3 is 1.88 bits per heavy atom. The van der Waals surface area contributed by atoms with E-state index in [0.29, 0.717) is 11.0 Å². The Kier molecular flexibility index (Phi) is 7.88. The van der Waals surface area contributed by atoms with Crippen LogP contribution in [-0.4, -0.2) is 45.3 Å². The summed E-state index contributed by atoms with van der Waals surface area (Å²) in [6, 6.07) is 0. The maximum atomic E-state index is 10.9. The number of quaternary nitrogens is 1. The summed E-state index contributed by atoms with van der Waals surface area (Å²) >= 11 is 0. The number of hydrogen-bond acceptors (Lipinski definition) is 1. The predicted molar refractivity (Wildman–Crippen MR) is 56.0 cm³/mol. The van der Waals surface area contributed by atoms with Crippen molar-refractivity contribution in [1.82, 2.24) is 5.32 Å². The third kappa shape index (κ3) is 29.3. The van der Waals surface area contributed by atoms with Crippen LogP contribution in [-0.2, 0) is 4.79 Å². The van der Waals surface area contributed by atoms with Gasteiger partial charge in [0.1, 0.15) is 6.20 Å². The first-order chi connectivity index (χ1) is 6.95. The molecule has 0 heterocycles. The molecule has 0 fully saturated rings. The lowest BCUT2D eigenvalue weighted by Gasteiger charge is -2.16. The zero-order valence-electron chi connectivity index (χ0n) is 9.81. The summed E-state index contributed by atoms with van der Waals surface area (Å²) < 4.78 is 39.7. The standard InChI is InChI=1S/C8H16N2O.BF4/c1-5-9-8(11)6-7-10(2,3)4;2-1(3,4)5/h6-7H,5H2,1-4H3;/q;-1/p+1/b7-6+;. The minimum atomic E-state index is -6.00. The molecule has 0 radical (unpaired) electrons. The quantitative estimate of drug-likeness (QED) is 0.347. The van der Waals surface area contributed by atoms with Gasteiger partial charge < -0.3 is 27.1 Å². The lowest BCUT2D eigenvalue weighted by molar-refractivity contribution is -0.817. The van der Waals surface area contributed by atoms with Gasteiger partial charge in [-0.3, -0.25) is 4.79 Å². The van der Waals surface area contributed by atoms with Crippen molar-refractivity contribution in [1.29, 1.82) is 0 Å². The zero-order chi connectivity index (χ0) is 13.4. The maximum Gasteiger partial charge on any atom is 0.673 e. The molecule has 8 heteroatoms. The smallest absolute Gasteiger partial charge is 0.418 e. The molecular formula is C8H17BF4N2O. The highest BCUT2D eigenvalue weighted by molar-refractivity contribution is 6.50. The van der Waals surface area contributed by atoms with Crippen LogP contribution in [0.1, 0.15) is 6.92 Å². The van der Waals surface area contributed by atoms with Crippen LogP contribution in [0.4, 0.5) is 17.3 Å². The van der Waals surface area contributed by atoms with Gasteiger partial charge >= 0.3 is 7.25 Å². The number of rotatable bonds is 3. The van der Waals surface area contributed by atoms with Gasteiger partial charge in [-0.05, 0) is 6.92 Å². The maximum absolute atomic E-state index is 10.9. The van der Waals surface area contributed by atoms with Crippen molar-refractivity contribution in [2.24, 2.45) is 0 Å². The summed E-state index contributed by atoms with van der Waals surface area (Å²) in [7, 11) is -0.0127. The van der Waals surface area contributed by atoms with E-state index in [1.165, 1.54) is 0 Å². The Labute approximate surface area is 92.8 Å². The number of carbonyl (C=O) groups is 1. The van der Waals surface area contributed by atoms with Crippen LogP contribution in [0.15, 0.2) is 12.3 Å². The van der Waals surface area contributed by atoms with E-state index in [-0.39, 0.29) is 5.91 Å². The summed E-state index contributed by atoms with van der Waals surface area (Å²) in [5, 5.41) is 2.68. The predicted octanol–water partition coefficient (Wildman–Crippen LogP) is 1.64. The van der Waals surface area contributed by atoms with E-state index in [2.05, 4.69) is 5.32 Å². The number of nitrogens with zero attached hydrogens (tertiary/aromatic N) is 1. The van der Waals surface area contributed by atoms with Crippen LogP contribution in [0.5, 0.6) is 0 Å². The van der Waals surface area contributed by atoms with E-state index in [1.807, 2.05) is 34.3 Å². The average Bonchev–Trinajstić information content (AvgIpc) is 1.97. The average molecular weight is 244 g/mol. The van der Waals surface area contributed by atoms with E-state index in [9.17, 15) is 22.1 Å². The summed E-state index contributed by atoms with van der Waals surface area (Å²) in [6.45, 7) is 2.58. The van der Waals surface area contributed by atoms with E-state index in [0.717, 1.165) is 0 Å². The third-order valence-corrected chi connectivity index (χ3v) is 1.02. The summed E-state index contributed by atoms with van der Waals surface area (Å²) in [4.78, 5) is 10.9. The van der Waals surface area contributed by atoms with Crippen LogP contribution in [0.2, 0.25) is 0 Å². The molecule has 1 N–H and O–H groups in total. The van der Waals surface area contributed by atoms with Crippen LogP contribution in [0.25, 0.3) is 0 Å². The van der Waals surface area contributed by atoms with E-state index >= 15 is 0 Å². The molecule has 96 valence electrons. The van der Waals surface area contributed by atoms with Crippen LogP contribution < -0.4 is 5.32 Å². The van der Waals surface area contributed by atoms with Gasteiger partial charge in [0, 0.05) is 6.54 Å². The molecule has 0 spiro atoms. The van der Waals surface area contributed by atoms with Gasteiger partial charge in [0.2, 0.25) is 5.91 Å². The Bertz CT molecular complexity index is 229. The SMILES string of the molecule is CCNC(=O)/C=C/[N+](C)(C)C.F[B-](F)(F)F. The van der Waals surface area contributed by atoms with Crippen molar-refractivity contribution in [3.63, 3.8) is 0 Å². The lowest BCUT2D eigenvalue weighted by Crippen LogP contribution is -2.28. The number of nitrogens with one attached hydrogen (secondary N) is 1. The Balaban J connectivity index is 0. The first-order valence-corrected chi connectivity index (χ1v) is 4.61. The van der Waals surface area contributed by atoms with Crippen LogP contribution >= 0.6 is 0 Å². The molecule has 0 aliphatic rings. The Hall–Kier alpha value is -1.05. The lowest BCUT2D eigenvalue weighted by atomic mass is 10.3. The molecule has 0 saturated carbocycles. The zero-order valence-corrected chi connectivity index (χ0v) is 9.81. The summed E-state index contributed by atoms with van der Waals surface area (Å²) in [5.41, 5.74) is 0. The largest absolute Gasteiger partial charge is 0.673 e. The summed E-state index contributed by atoms with van der Waals surface area (Å²) in [5.74, 6) is -0.0273. The molecule has 0 aromatic rings. The number of hydrogen-bond donors (Lipinski definition) is 1. The molecule has 0 rings (SSSR count). The second-order valence-electron chi connectivity index (χ2n) is 3.82. The van der Waals surface area contributed by atoms with Crippen LogP contribution in [0, 0.1) is 0 Å². The number of amides is 1. The van der Waals surface area contributed by atoms with Crippen LogP contribution in [0.3, 0.4) is 0 Å². The minimum Gasteiger partial charge on any atom is -0.418 e. The topological polar surface area (TPSA) is 29.1 Å². The van der Waals surface area contributed by atoms with E-state index < -0.39 is 7.25 Å². The van der Waals surface area contributed by atoms with Gasteiger partial charge in [-0.15, -0.1) is 0 Å². The van der Waals surface area contributed by atoms with Gasteiger partial charge in [-0.1, -0.05) is 0 Å². The fourth-order valence-electron chi connectivity index (χ4n) is 0.524. The van der Waals surface area contributed by atoms with Gasteiger partial charge in [0.25, 0.3) is 0 Å². The van der Waals surface area contributed by atoms with Gasteiger partial charge in [0.05, 0.1) is 27.2 Å². The molecule has 0 atom stereocenters. The fourth-order valence-corrected chi connectivity index (χ4v) is 0.524. The minimum absolute atomic E-state index is 0.0273.